The van der Waals surface area contributed by atoms with Crippen LogP contribution in [0.4, 0.5) is 0 Å². The summed E-state index contributed by atoms with van der Waals surface area (Å²) in [5.41, 5.74) is 2.05. The Balaban J connectivity index is 1.55. The molecule has 1 unspecified atom stereocenters. The lowest BCUT2D eigenvalue weighted by Gasteiger charge is -2.14. The number of thiazole rings is 1. The summed E-state index contributed by atoms with van der Waals surface area (Å²) in [6.45, 7) is 1.97. The maximum Gasteiger partial charge on any atom is 0.220 e. The van der Waals surface area contributed by atoms with Crippen molar-refractivity contribution >= 4 is 39.1 Å². The average Bonchev–Trinajstić information content (AvgIpc) is 2.96. The smallest absolute Gasteiger partial charge is 0.220 e. The van der Waals surface area contributed by atoms with Gasteiger partial charge >= 0.3 is 0 Å². The largest absolute Gasteiger partial charge is 0.350 e. The first-order valence-corrected chi connectivity index (χ1v) is 8.70. The molecule has 1 N–H and O–H groups in total. The van der Waals surface area contributed by atoms with Crippen molar-refractivity contribution in [3.05, 3.63) is 64.1 Å². The van der Waals surface area contributed by atoms with E-state index in [0.717, 1.165) is 20.8 Å². The Morgan fingerprint density at radius 3 is 2.70 bits per heavy atom. The molecule has 1 atom stereocenters. The molecule has 1 aromatic heterocycles. The molecule has 0 saturated heterocycles. The summed E-state index contributed by atoms with van der Waals surface area (Å²) in [5.74, 6) is 0.0340. The molecule has 0 radical (unpaired) electrons. The molecule has 0 aliphatic heterocycles. The number of carbonyl (C=O) groups excluding carboxylic acids is 1. The van der Waals surface area contributed by atoms with Crippen molar-refractivity contribution in [2.45, 2.75) is 25.8 Å². The molecular weight excluding hydrogens is 328 g/mol. The lowest BCUT2D eigenvalue weighted by Crippen LogP contribution is -2.26. The van der Waals surface area contributed by atoms with Crippen molar-refractivity contribution in [3.8, 4) is 0 Å². The third kappa shape index (κ3) is 4.09. The number of nitrogens with one attached hydrogen (secondary N) is 1. The Morgan fingerprint density at radius 2 is 1.96 bits per heavy atom. The number of rotatable bonds is 5. The fraction of sp³-hybridized carbons (Fsp3) is 0.222. The van der Waals surface area contributed by atoms with Gasteiger partial charge in [0.25, 0.3) is 0 Å². The summed E-state index contributed by atoms with van der Waals surface area (Å²) in [4.78, 5) is 16.7. The highest BCUT2D eigenvalue weighted by atomic mass is 35.5. The maximum atomic E-state index is 12.1. The van der Waals surface area contributed by atoms with Crippen molar-refractivity contribution < 1.29 is 4.79 Å². The number of para-hydroxylation sites is 1. The topological polar surface area (TPSA) is 42.0 Å². The highest BCUT2D eigenvalue weighted by molar-refractivity contribution is 7.18. The number of amides is 1. The van der Waals surface area contributed by atoms with E-state index >= 15 is 0 Å². The zero-order valence-electron chi connectivity index (χ0n) is 12.8. The fourth-order valence-electron chi connectivity index (χ4n) is 2.40. The van der Waals surface area contributed by atoms with Crippen LogP contribution < -0.4 is 5.32 Å². The minimum Gasteiger partial charge on any atom is -0.350 e. The van der Waals surface area contributed by atoms with Crippen molar-refractivity contribution in [2.75, 3.05) is 0 Å². The van der Waals surface area contributed by atoms with Gasteiger partial charge < -0.3 is 5.32 Å². The number of aromatic nitrogens is 1. The molecule has 3 nitrogen and oxygen atoms in total. The normalized spacial score (nSPS) is 12.3. The first-order chi connectivity index (χ1) is 11.1. The molecule has 5 heteroatoms. The summed E-state index contributed by atoms with van der Waals surface area (Å²) in [5, 5.41) is 4.71. The minimum atomic E-state index is -0.0323. The van der Waals surface area contributed by atoms with Gasteiger partial charge in [-0.2, -0.15) is 0 Å². The first kappa shape index (κ1) is 16.0. The molecule has 0 aliphatic carbocycles. The van der Waals surface area contributed by atoms with Gasteiger partial charge in [-0.25, -0.2) is 4.98 Å². The summed E-state index contributed by atoms with van der Waals surface area (Å²) < 4.78 is 1.16. The van der Waals surface area contributed by atoms with Crippen molar-refractivity contribution in [3.63, 3.8) is 0 Å². The Bertz CT molecular complexity index is 780. The monoisotopic (exact) mass is 344 g/mol. The second-order valence-electron chi connectivity index (χ2n) is 5.42. The van der Waals surface area contributed by atoms with Crippen LogP contribution in [0.1, 0.15) is 30.0 Å². The van der Waals surface area contributed by atoms with Crippen LogP contribution in [0.25, 0.3) is 10.2 Å². The predicted octanol–water partition coefficient (Wildman–Crippen LogP) is 4.76. The quantitative estimate of drug-likeness (QED) is 0.725. The van der Waals surface area contributed by atoms with E-state index in [4.69, 9.17) is 11.6 Å². The van der Waals surface area contributed by atoms with Crippen LogP contribution in [0.5, 0.6) is 0 Å². The summed E-state index contributed by atoms with van der Waals surface area (Å²) in [6, 6.07) is 15.5. The molecule has 1 heterocycles. The van der Waals surface area contributed by atoms with E-state index in [1.54, 1.807) is 11.3 Å². The minimum absolute atomic E-state index is 0.0323. The van der Waals surface area contributed by atoms with Gasteiger partial charge in [-0.15, -0.1) is 11.3 Å². The zero-order chi connectivity index (χ0) is 16.2. The van der Waals surface area contributed by atoms with Crippen LogP contribution in [0.2, 0.25) is 5.02 Å². The average molecular weight is 345 g/mol. The van der Waals surface area contributed by atoms with Gasteiger partial charge in [0.2, 0.25) is 5.91 Å². The molecule has 2 aromatic carbocycles. The standard InChI is InChI=1S/C18H17ClN2OS/c1-12(13-6-8-14(19)9-7-13)20-17(22)10-11-18-21-15-4-2-3-5-16(15)23-18/h2-9,12H,10-11H2,1H3,(H,20,22). The number of nitrogens with zero attached hydrogens (tertiary/aromatic N) is 1. The van der Waals surface area contributed by atoms with Crippen LogP contribution in [-0.2, 0) is 11.2 Å². The highest BCUT2D eigenvalue weighted by Gasteiger charge is 2.11. The fourth-order valence-corrected chi connectivity index (χ4v) is 3.49. The van der Waals surface area contributed by atoms with E-state index in [9.17, 15) is 4.79 Å². The van der Waals surface area contributed by atoms with E-state index in [1.807, 2.05) is 49.4 Å². The Morgan fingerprint density at radius 1 is 1.22 bits per heavy atom. The Kier molecular flexibility index (Phi) is 4.94. The Labute approximate surface area is 144 Å². The van der Waals surface area contributed by atoms with Gasteiger partial charge in [0, 0.05) is 17.9 Å². The van der Waals surface area contributed by atoms with Crippen molar-refractivity contribution in [2.24, 2.45) is 0 Å². The Hall–Kier alpha value is -1.91. The van der Waals surface area contributed by atoms with Crippen LogP contribution in [0.3, 0.4) is 0 Å². The number of carbonyl (C=O) groups is 1. The van der Waals surface area contributed by atoms with E-state index in [0.29, 0.717) is 17.9 Å². The molecule has 3 aromatic rings. The van der Waals surface area contributed by atoms with Gasteiger partial charge in [0.1, 0.15) is 0 Å². The summed E-state index contributed by atoms with van der Waals surface area (Å²) >= 11 is 7.53. The van der Waals surface area contributed by atoms with Gasteiger partial charge in [0.15, 0.2) is 0 Å². The molecule has 0 saturated carbocycles. The SMILES string of the molecule is CC(NC(=O)CCc1nc2ccccc2s1)c1ccc(Cl)cc1. The van der Waals surface area contributed by atoms with Gasteiger partial charge in [-0.3, -0.25) is 4.79 Å². The summed E-state index contributed by atoms with van der Waals surface area (Å²) in [6.07, 6.45) is 1.11. The maximum absolute atomic E-state index is 12.1. The number of aryl methyl sites for hydroxylation is 1. The third-order valence-electron chi connectivity index (χ3n) is 3.65. The van der Waals surface area contributed by atoms with Crippen LogP contribution in [0, 0.1) is 0 Å². The summed E-state index contributed by atoms with van der Waals surface area (Å²) in [7, 11) is 0. The molecule has 0 spiro atoms. The molecular formula is C18H17ClN2OS. The molecule has 23 heavy (non-hydrogen) atoms. The van der Waals surface area contributed by atoms with Crippen LogP contribution in [0.15, 0.2) is 48.5 Å². The predicted molar refractivity (Wildman–Crippen MR) is 96.0 cm³/mol. The molecule has 3 rings (SSSR count). The molecule has 0 aliphatic rings. The number of fused-ring (bicyclic) bond motifs is 1. The lowest BCUT2D eigenvalue weighted by atomic mass is 10.1. The van der Waals surface area contributed by atoms with Gasteiger partial charge in [-0.1, -0.05) is 35.9 Å². The van der Waals surface area contributed by atoms with E-state index < -0.39 is 0 Å². The van der Waals surface area contributed by atoms with Gasteiger partial charge in [0.05, 0.1) is 21.3 Å². The number of hydrogen-bond donors (Lipinski definition) is 1. The van der Waals surface area contributed by atoms with E-state index in [1.165, 1.54) is 0 Å². The highest BCUT2D eigenvalue weighted by Crippen LogP contribution is 2.22. The van der Waals surface area contributed by atoms with Crippen LogP contribution >= 0.6 is 22.9 Å². The van der Waals surface area contributed by atoms with Crippen molar-refractivity contribution in [1.82, 2.24) is 10.3 Å². The first-order valence-electron chi connectivity index (χ1n) is 7.51. The number of hydrogen-bond acceptors (Lipinski definition) is 3. The van der Waals surface area contributed by atoms with Crippen LogP contribution in [-0.4, -0.2) is 10.9 Å². The second kappa shape index (κ2) is 7.11. The molecule has 0 bridgehead atoms. The molecule has 118 valence electrons. The molecule has 0 fully saturated rings. The van der Waals surface area contributed by atoms with E-state index in [-0.39, 0.29) is 11.9 Å². The lowest BCUT2D eigenvalue weighted by molar-refractivity contribution is -0.121. The number of halogens is 1. The zero-order valence-corrected chi connectivity index (χ0v) is 14.3. The van der Waals surface area contributed by atoms with Crippen molar-refractivity contribution in [1.29, 1.82) is 0 Å². The van der Waals surface area contributed by atoms with Gasteiger partial charge in [-0.05, 0) is 36.8 Å². The van der Waals surface area contributed by atoms with E-state index in [2.05, 4.69) is 16.4 Å². The number of benzene rings is 2. The second-order valence-corrected chi connectivity index (χ2v) is 6.97. The molecule has 1 amide bonds. The third-order valence-corrected chi connectivity index (χ3v) is 5.00.